The third-order valence-corrected chi connectivity index (χ3v) is 7.57. The van der Waals surface area contributed by atoms with Gasteiger partial charge in [0, 0.05) is 10.9 Å². The van der Waals surface area contributed by atoms with Gasteiger partial charge in [0.15, 0.2) is 0 Å². The summed E-state index contributed by atoms with van der Waals surface area (Å²) in [5.74, 6) is 0.771. The van der Waals surface area contributed by atoms with Crippen LogP contribution in [0.3, 0.4) is 0 Å². The molecule has 4 aromatic rings. The maximum absolute atomic E-state index is 12.0. The van der Waals surface area contributed by atoms with Crippen molar-refractivity contribution < 1.29 is 15.0 Å². The van der Waals surface area contributed by atoms with E-state index >= 15 is 0 Å². The summed E-state index contributed by atoms with van der Waals surface area (Å²) >= 11 is 4.59. The first kappa shape index (κ1) is 21.4. The van der Waals surface area contributed by atoms with Crippen molar-refractivity contribution in [2.75, 3.05) is 5.75 Å². The van der Waals surface area contributed by atoms with Crippen LogP contribution < -0.4 is 15.6 Å². The predicted octanol–water partition coefficient (Wildman–Crippen LogP) is 3.72. The van der Waals surface area contributed by atoms with Gasteiger partial charge in [-0.3, -0.25) is 4.79 Å². The Bertz CT molecular complexity index is 1200. The van der Waals surface area contributed by atoms with Crippen LogP contribution in [0.4, 0.5) is 0 Å². The highest BCUT2D eigenvalue weighted by Gasteiger charge is 2.14. The number of hydrazone groups is 1. The number of rotatable bonds is 8. The largest absolute Gasteiger partial charge is 0.872 e. The Hall–Kier alpha value is -2.88. The van der Waals surface area contributed by atoms with Gasteiger partial charge in [-0.15, -0.1) is 5.75 Å². The summed E-state index contributed by atoms with van der Waals surface area (Å²) in [4.78, 5) is 12.0. The second-order valence-corrected chi connectivity index (χ2v) is 9.92. The molecule has 0 aliphatic carbocycles. The van der Waals surface area contributed by atoms with Gasteiger partial charge in [0.25, 0.3) is 5.91 Å². The smallest absolute Gasteiger partial charge is 0.323 e. The number of aromatic nitrogens is 2. The third kappa shape index (κ3) is 6.06. The maximum atomic E-state index is 12.0. The SMILES string of the molecule is O=C(CSc1n[nH+]c(SCc2cccc3ccccc23)s1)NN=Cc1ccc([O-])cc1. The number of carbonyl (C=O) groups is 1. The lowest BCUT2D eigenvalue weighted by atomic mass is 10.1. The quantitative estimate of drug-likeness (QED) is 0.243. The summed E-state index contributed by atoms with van der Waals surface area (Å²) in [6.07, 6.45) is 1.50. The summed E-state index contributed by atoms with van der Waals surface area (Å²) in [7, 11) is 0. The Labute approximate surface area is 191 Å². The third-order valence-electron chi connectivity index (χ3n) is 4.27. The molecule has 0 aliphatic heterocycles. The molecule has 0 bridgehead atoms. The monoisotopic (exact) mass is 466 g/mol. The van der Waals surface area contributed by atoms with Crippen molar-refractivity contribution >= 4 is 57.8 Å². The highest BCUT2D eigenvalue weighted by Crippen LogP contribution is 2.30. The number of nitrogens with zero attached hydrogens (tertiary/aromatic N) is 2. The Morgan fingerprint density at radius 1 is 1.10 bits per heavy atom. The van der Waals surface area contributed by atoms with Crippen molar-refractivity contribution in [2.45, 2.75) is 14.4 Å². The molecule has 2 N–H and O–H groups in total. The zero-order valence-corrected chi connectivity index (χ0v) is 18.7. The van der Waals surface area contributed by atoms with Crippen LogP contribution in [-0.4, -0.2) is 23.0 Å². The van der Waals surface area contributed by atoms with Gasteiger partial charge in [0.1, 0.15) is 0 Å². The molecule has 0 aliphatic rings. The van der Waals surface area contributed by atoms with Crippen molar-refractivity contribution in [3.8, 4) is 5.75 Å². The molecule has 3 aromatic carbocycles. The number of carbonyl (C=O) groups excluding carboxylic acids is 1. The van der Waals surface area contributed by atoms with E-state index in [1.54, 1.807) is 23.9 Å². The van der Waals surface area contributed by atoms with Gasteiger partial charge in [0.05, 0.1) is 12.0 Å². The molecule has 0 atom stereocenters. The van der Waals surface area contributed by atoms with Crippen molar-refractivity contribution in [2.24, 2.45) is 5.10 Å². The standard InChI is InChI=1S/C22H18N4O2S3/c27-18-10-8-15(9-11-18)12-23-24-20(28)14-30-22-26-25-21(31-22)29-13-17-6-3-5-16-4-1-2-7-19(16)17/h1-12,27H,13-14H2,(H,24,28). The molecule has 31 heavy (non-hydrogen) atoms. The first-order chi connectivity index (χ1) is 15.2. The van der Waals surface area contributed by atoms with E-state index in [1.165, 1.54) is 57.8 Å². The van der Waals surface area contributed by atoms with E-state index in [-0.39, 0.29) is 17.4 Å². The lowest BCUT2D eigenvalue weighted by Gasteiger charge is -2.03. The van der Waals surface area contributed by atoms with Crippen LogP contribution in [0.2, 0.25) is 0 Å². The van der Waals surface area contributed by atoms with Gasteiger partial charge >= 0.3 is 4.34 Å². The molecule has 0 spiro atoms. The van der Waals surface area contributed by atoms with E-state index in [0.29, 0.717) is 0 Å². The zero-order chi connectivity index (χ0) is 21.5. The number of benzene rings is 3. The molecule has 0 fully saturated rings. The van der Waals surface area contributed by atoms with Crippen LogP contribution in [-0.2, 0) is 10.5 Å². The van der Waals surface area contributed by atoms with Crippen molar-refractivity contribution in [3.63, 3.8) is 0 Å². The summed E-state index contributed by atoms with van der Waals surface area (Å²) in [6.45, 7) is 0. The summed E-state index contributed by atoms with van der Waals surface area (Å²) in [5, 5.41) is 24.8. The minimum atomic E-state index is -0.221. The molecule has 0 saturated carbocycles. The van der Waals surface area contributed by atoms with Gasteiger partial charge in [-0.05, 0) is 45.0 Å². The summed E-state index contributed by atoms with van der Waals surface area (Å²) in [6, 6.07) is 20.9. The first-order valence-electron chi connectivity index (χ1n) is 9.37. The van der Waals surface area contributed by atoms with E-state index in [0.717, 1.165) is 20.0 Å². The molecular formula is C22H18N4O2S3. The fraction of sp³-hybridized carbons (Fsp3) is 0.0909. The number of hydrogen-bond acceptors (Lipinski definition) is 7. The molecule has 0 radical (unpaired) electrons. The van der Waals surface area contributed by atoms with Gasteiger partial charge in [-0.2, -0.15) is 5.10 Å². The van der Waals surface area contributed by atoms with E-state index in [1.807, 2.05) is 6.07 Å². The Kier molecular flexibility index (Phi) is 7.18. The van der Waals surface area contributed by atoms with Crippen molar-refractivity contribution in [3.05, 3.63) is 77.9 Å². The zero-order valence-electron chi connectivity index (χ0n) is 16.3. The Morgan fingerprint density at radius 2 is 1.90 bits per heavy atom. The second kappa shape index (κ2) is 10.4. The van der Waals surface area contributed by atoms with Crippen LogP contribution in [0, 0.1) is 0 Å². The normalized spacial score (nSPS) is 11.2. The number of aromatic amines is 1. The fourth-order valence-corrected chi connectivity index (χ4v) is 5.68. The highest BCUT2D eigenvalue weighted by molar-refractivity contribution is 8.03. The number of thioether (sulfide) groups is 2. The Morgan fingerprint density at radius 3 is 2.77 bits per heavy atom. The van der Waals surface area contributed by atoms with Crippen LogP contribution in [0.15, 0.2) is 80.5 Å². The molecule has 1 aromatic heterocycles. The van der Waals surface area contributed by atoms with Crippen LogP contribution in [0.25, 0.3) is 10.8 Å². The second-order valence-electron chi connectivity index (χ2n) is 6.46. The maximum Gasteiger partial charge on any atom is 0.323 e. The molecule has 6 nitrogen and oxygen atoms in total. The molecule has 1 heterocycles. The van der Waals surface area contributed by atoms with E-state index in [4.69, 9.17) is 0 Å². The van der Waals surface area contributed by atoms with Crippen LogP contribution in [0.1, 0.15) is 11.1 Å². The molecule has 0 unspecified atom stereocenters. The molecule has 4 rings (SSSR count). The van der Waals surface area contributed by atoms with Crippen LogP contribution >= 0.6 is 34.9 Å². The number of hydrogen-bond donors (Lipinski definition) is 1. The van der Waals surface area contributed by atoms with E-state index < -0.39 is 0 Å². The summed E-state index contributed by atoms with van der Waals surface area (Å²) in [5.41, 5.74) is 4.50. The molecule has 9 heteroatoms. The van der Waals surface area contributed by atoms with Crippen molar-refractivity contribution in [1.29, 1.82) is 0 Å². The average molecular weight is 467 g/mol. The molecular weight excluding hydrogens is 448 g/mol. The minimum absolute atomic E-state index is 0.0625. The number of fused-ring (bicyclic) bond motifs is 1. The topological polar surface area (TPSA) is 91.6 Å². The summed E-state index contributed by atoms with van der Waals surface area (Å²) < 4.78 is 1.79. The minimum Gasteiger partial charge on any atom is -0.872 e. The average Bonchev–Trinajstić information content (AvgIpc) is 3.25. The number of amides is 1. The Balaban J connectivity index is 1.25. The van der Waals surface area contributed by atoms with Gasteiger partial charge in [-0.25, -0.2) is 5.43 Å². The first-order valence-corrected chi connectivity index (χ1v) is 12.2. The molecule has 156 valence electrons. The van der Waals surface area contributed by atoms with E-state index in [9.17, 15) is 9.90 Å². The van der Waals surface area contributed by atoms with Gasteiger partial charge in [0.2, 0.25) is 4.34 Å². The lowest BCUT2D eigenvalue weighted by molar-refractivity contribution is -0.492. The fourth-order valence-electron chi connectivity index (χ4n) is 2.79. The van der Waals surface area contributed by atoms with Gasteiger partial charge < -0.3 is 5.11 Å². The number of H-pyrrole nitrogens is 1. The molecule has 0 saturated heterocycles. The highest BCUT2D eigenvalue weighted by atomic mass is 32.2. The van der Waals surface area contributed by atoms with Crippen LogP contribution in [0.5, 0.6) is 5.75 Å². The predicted molar refractivity (Wildman–Crippen MR) is 125 cm³/mol. The molecule has 1 amide bonds. The number of nitrogens with one attached hydrogen (secondary N) is 2. The lowest BCUT2D eigenvalue weighted by Crippen LogP contribution is -2.19. The van der Waals surface area contributed by atoms with Crippen molar-refractivity contribution in [1.82, 2.24) is 10.5 Å². The van der Waals surface area contributed by atoms with E-state index in [2.05, 4.69) is 57.1 Å². The van der Waals surface area contributed by atoms with Gasteiger partial charge in [-0.1, -0.05) is 83.6 Å².